The minimum atomic E-state index is -0.616. The molecule has 7 heteroatoms. The first-order valence-corrected chi connectivity index (χ1v) is 6.60. The molecule has 1 amide bonds. The quantitative estimate of drug-likeness (QED) is 0.795. The molecule has 1 aliphatic heterocycles. The Morgan fingerprint density at radius 1 is 1.70 bits per heavy atom. The molecule has 0 radical (unpaired) electrons. The molecule has 0 saturated carbocycles. The van der Waals surface area contributed by atoms with E-state index in [1.165, 1.54) is 6.26 Å². The molecule has 112 valence electrons. The Morgan fingerprint density at radius 3 is 3.05 bits per heavy atom. The number of morpholine rings is 1. The third-order valence-corrected chi connectivity index (χ3v) is 3.82. The van der Waals surface area contributed by atoms with E-state index < -0.39 is 11.4 Å². The van der Waals surface area contributed by atoms with E-state index in [-0.39, 0.29) is 25.1 Å². The highest BCUT2D eigenvalue weighted by Crippen LogP contribution is 2.21. The van der Waals surface area contributed by atoms with Crippen LogP contribution in [-0.2, 0) is 4.74 Å². The summed E-state index contributed by atoms with van der Waals surface area (Å²) in [6.45, 7) is 4.92. The average Bonchev–Trinajstić information content (AvgIpc) is 2.87. The van der Waals surface area contributed by atoms with E-state index >= 15 is 0 Å². The topological polar surface area (TPSA) is 87.8 Å². The van der Waals surface area contributed by atoms with Crippen LogP contribution in [0.2, 0.25) is 0 Å². The van der Waals surface area contributed by atoms with Crippen molar-refractivity contribution in [3.05, 3.63) is 17.8 Å². The second kappa shape index (κ2) is 5.90. The number of aliphatic hydroxyl groups excluding tert-OH is 1. The Kier molecular flexibility index (Phi) is 4.42. The smallest absolute Gasteiger partial charge is 0.307 e. The monoisotopic (exact) mass is 283 g/mol. The highest BCUT2D eigenvalue weighted by Gasteiger charge is 2.40. The average molecular weight is 283 g/mol. The molecule has 0 aliphatic carbocycles. The molecule has 2 heterocycles. The van der Waals surface area contributed by atoms with Gasteiger partial charge in [0.1, 0.15) is 6.26 Å². The van der Waals surface area contributed by atoms with Crippen LogP contribution < -0.4 is 5.32 Å². The highest BCUT2D eigenvalue weighted by molar-refractivity contribution is 5.89. The van der Waals surface area contributed by atoms with Crippen molar-refractivity contribution >= 4 is 5.91 Å². The van der Waals surface area contributed by atoms with Crippen molar-refractivity contribution in [2.75, 3.05) is 33.4 Å². The van der Waals surface area contributed by atoms with Gasteiger partial charge >= 0.3 is 5.91 Å². The van der Waals surface area contributed by atoms with Gasteiger partial charge in [-0.1, -0.05) is 0 Å². The summed E-state index contributed by atoms with van der Waals surface area (Å²) in [6, 6.07) is 0.178. The number of nitrogens with zero attached hydrogens (tertiary/aromatic N) is 2. The van der Waals surface area contributed by atoms with Gasteiger partial charge in [-0.05, 0) is 20.9 Å². The lowest BCUT2D eigenvalue weighted by atomic mass is 9.96. The zero-order chi connectivity index (χ0) is 14.8. The van der Waals surface area contributed by atoms with Crippen LogP contribution in [0, 0.1) is 6.92 Å². The van der Waals surface area contributed by atoms with Crippen LogP contribution in [0.3, 0.4) is 0 Å². The van der Waals surface area contributed by atoms with Crippen LogP contribution in [0.4, 0.5) is 0 Å². The van der Waals surface area contributed by atoms with Gasteiger partial charge < -0.3 is 19.6 Å². The molecule has 1 aromatic heterocycles. The molecular formula is C13H21N3O4. The van der Waals surface area contributed by atoms with Gasteiger partial charge in [-0.15, -0.1) is 0 Å². The summed E-state index contributed by atoms with van der Waals surface area (Å²) in [5, 5.41) is 12.5. The standard InChI is InChI=1S/C13H21N3O4/c1-9-4-20-12(15-9)11(18)14-6-13(7-17)8-19-5-10(2)16(13)3/h4,10,17H,5-8H2,1-3H3,(H,14,18)/t10-,13+/m1/s1. The molecule has 0 bridgehead atoms. The number of amides is 1. The van der Waals surface area contributed by atoms with Crippen molar-refractivity contribution in [2.45, 2.75) is 25.4 Å². The normalized spacial score (nSPS) is 27.5. The SMILES string of the molecule is Cc1coc(C(=O)NC[C@]2(CO)COC[C@@H](C)N2C)n1. The predicted octanol–water partition coefficient (Wildman–Crippen LogP) is -0.206. The van der Waals surface area contributed by atoms with Crippen molar-refractivity contribution < 1.29 is 19.1 Å². The maximum atomic E-state index is 11.9. The first kappa shape index (κ1) is 15.0. The fourth-order valence-corrected chi connectivity index (χ4v) is 2.27. The Labute approximate surface area is 117 Å². The summed E-state index contributed by atoms with van der Waals surface area (Å²) in [5.74, 6) is -0.361. The van der Waals surface area contributed by atoms with E-state index in [1.54, 1.807) is 6.92 Å². The number of hydrogen-bond donors (Lipinski definition) is 2. The minimum Gasteiger partial charge on any atom is -0.441 e. The zero-order valence-electron chi connectivity index (χ0n) is 12.0. The lowest BCUT2D eigenvalue weighted by Crippen LogP contribution is -2.65. The van der Waals surface area contributed by atoms with Gasteiger partial charge in [0, 0.05) is 12.6 Å². The van der Waals surface area contributed by atoms with Crippen LogP contribution in [0.1, 0.15) is 23.3 Å². The van der Waals surface area contributed by atoms with Gasteiger partial charge in [0.25, 0.3) is 5.89 Å². The molecule has 0 unspecified atom stereocenters. The van der Waals surface area contributed by atoms with E-state index in [2.05, 4.69) is 10.3 Å². The molecule has 1 saturated heterocycles. The van der Waals surface area contributed by atoms with Crippen molar-refractivity contribution in [2.24, 2.45) is 0 Å². The molecule has 0 aromatic carbocycles. The van der Waals surface area contributed by atoms with Crippen LogP contribution in [0.15, 0.2) is 10.7 Å². The van der Waals surface area contributed by atoms with Crippen molar-refractivity contribution in [1.82, 2.24) is 15.2 Å². The van der Waals surface area contributed by atoms with Crippen LogP contribution >= 0.6 is 0 Å². The van der Waals surface area contributed by atoms with Gasteiger partial charge in [0.2, 0.25) is 0 Å². The number of rotatable bonds is 4. The maximum Gasteiger partial charge on any atom is 0.307 e. The summed E-state index contributed by atoms with van der Waals surface area (Å²) < 4.78 is 10.6. The van der Waals surface area contributed by atoms with Gasteiger partial charge in [0.15, 0.2) is 0 Å². The van der Waals surface area contributed by atoms with E-state index in [1.807, 2.05) is 18.9 Å². The molecular weight excluding hydrogens is 262 g/mol. The number of aromatic nitrogens is 1. The third kappa shape index (κ3) is 2.84. The Hall–Kier alpha value is -1.44. The summed E-state index contributed by atoms with van der Waals surface area (Å²) in [4.78, 5) is 17.9. The number of ether oxygens (including phenoxy) is 1. The van der Waals surface area contributed by atoms with E-state index in [4.69, 9.17) is 9.15 Å². The first-order valence-electron chi connectivity index (χ1n) is 6.60. The lowest BCUT2D eigenvalue weighted by molar-refractivity contribution is -0.105. The van der Waals surface area contributed by atoms with Gasteiger partial charge in [-0.25, -0.2) is 4.98 Å². The molecule has 2 rings (SSSR count). The molecule has 20 heavy (non-hydrogen) atoms. The number of carbonyl (C=O) groups is 1. The number of hydrogen-bond acceptors (Lipinski definition) is 6. The molecule has 7 nitrogen and oxygen atoms in total. The number of aryl methyl sites for hydroxylation is 1. The Bertz CT molecular complexity index is 476. The third-order valence-electron chi connectivity index (χ3n) is 3.82. The fraction of sp³-hybridized carbons (Fsp3) is 0.692. The molecule has 1 fully saturated rings. The maximum absolute atomic E-state index is 11.9. The van der Waals surface area contributed by atoms with Crippen molar-refractivity contribution in [3.63, 3.8) is 0 Å². The largest absolute Gasteiger partial charge is 0.441 e. The number of nitrogens with one attached hydrogen (secondary N) is 1. The zero-order valence-corrected chi connectivity index (χ0v) is 12.0. The highest BCUT2D eigenvalue weighted by atomic mass is 16.5. The van der Waals surface area contributed by atoms with E-state index in [0.717, 1.165) is 0 Å². The van der Waals surface area contributed by atoms with E-state index in [9.17, 15) is 9.90 Å². The van der Waals surface area contributed by atoms with Crippen LogP contribution in [-0.4, -0.2) is 65.9 Å². The van der Waals surface area contributed by atoms with Gasteiger partial charge in [-0.2, -0.15) is 0 Å². The molecule has 1 aliphatic rings. The molecule has 1 aromatic rings. The summed E-state index contributed by atoms with van der Waals surface area (Å²) >= 11 is 0. The summed E-state index contributed by atoms with van der Waals surface area (Å²) in [5.41, 5.74) is 0.0355. The van der Waals surface area contributed by atoms with Gasteiger partial charge in [-0.3, -0.25) is 9.69 Å². The number of carbonyl (C=O) groups excluding carboxylic acids is 1. The van der Waals surface area contributed by atoms with Crippen molar-refractivity contribution in [3.8, 4) is 0 Å². The molecule has 2 atom stereocenters. The van der Waals surface area contributed by atoms with E-state index in [0.29, 0.717) is 18.9 Å². The second-order valence-corrected chi connectivity index (χ2v) is 5.33. The number of aliphatic hydroxyl groups is 1. The Balaban J connectivity index is 2.01. The number of likely N-dealkylation sites (N-methyl/N-ethyl adjacent to an activating group) is 1. The summed E-state index contributed by atoms with van der Waals surface area (Å²) in [7, 11) is 1.92. The predicted molar refractivity (Wildman–Crippen MR) is 71.4 cm³/mol. The summed E-state index contributed by atoms with van der Waals surface area (Å²) in [6.07, 6.45) is 1.43. The number of oxazole rings is 1. The molecule has 0 spiro atoms. The van der Waals surface area contributed by atoms with Crippen LogP contribution in [0.25, 0.3) is 0 Å². The molecule has 2 N–H and O–H groups in total. The minimum absolute atomic E-state index is 0.0306. The Morgan fingerprint density at radius 2 is 2.45 bits per heavy atom. The lowest BCUT2D eigenvalue weighted by Gasteiger charge is -2.47. The van der Waals surface area contributed by atoms with Gasteiger partial charge in [0.05, 0.1) is 31.1 Å². The fourth-order valence-electron chi connectivity index (χ4n) is 2.27. The van der Waals surface area contributed by atoms with Crippen LogP contribution in [0.5, 0.6) is 0 Å². The first-order chi connectivity index (χ1) is 9.48. The second-order valence-electron chi connectivity index (χ2n) is 5.33. The van der Waals surface area contributed by atoms with Crippen molar-refractivity contribution in [1.29, 1.82) is 0 Å².